The van der Waals surface area contributed by atoms with E-state index in [-0.39, 0.29) is 41.3 Å². The second-order valence-corrected chi connectivity index (χ2v) is 10.4. The van der Waals surface area contributed by atoms with Crippen molar-refractivity contribution in [3.63, 3.8) is 0 Å². The van der Waals surface area contributed by atoms with E-state index in [0.29, 0.717) is 18.1 Å². The van der Waals surface area contributed by atoms with Crippen LogP contribution in [0.4, 0.5) is 0 Å². The number of hydrogen-bond acceptors (Lipinski definition) is 12. The van der Waals surface area contributed by atoms with E-state index in [1.165, 1.54) is 6.07 Å². The zero-order chi connectivity index (χ0) is 34.1. The molecule has 1 aromatic heterocycles. The average molecular weight is 640 g/mol. The summed E-state index contributed by atoms with van der Waals surface area (Å²) >= 11 is 0. The number of benzene rings is 2. The highest BCUT2D eigenvalue weighted by Crippen LogP contribution is 2.41. The lowest BCUT2D eigenvalue weighted by atomic mass is 9.88. The normalized spacial score (nSPS) is 11.5. The van der Waals surface area contributed by atoms with Crippen LogP contribution in [0.3, 0.4) is 0 Å². The van der Waals surface area contributed by atoms with E-state index in [4.69, 9.17) is 9.15 Å². The molecule has 7 N–H and O–H groups in total. The molecule has 0 spiro atoms. The molecule has 0 aliphatic carbocycles. The molecular weight excluding hydrogens is 602 g/mol. The van der Waals surface area contributed by atoms with Crippen LogP contribution in [0.5, 0.6) is 17.2 Å². The van der Waals surface area contributed by atoms with Gasteiger partial charge in [-0.3, -0.25) is 29.8 Å². The molecule has 0 fully saturated rings. The first-order valence-corrected chi connectivity index (χ1v) is 14.2. The smallest absolute Gasteiger partial charge is 0.239 e. The van der Waals surface area contributed by atoms with Gasteiger partial charge < -0.3 is 44.9 Å². The van der Waals surface area contributed by atoms with E-state index in [9.17, 15) is 39.0 Å². The molecule has 15 nitrogen and oxygen atoms in total. The molecule has 0 aliphatic heterocycles. The predicted molar refractivity (Wildman–Crippen MR) is 167 cm³/mol. The zero-order valence-electron chi connectivity index (χ0n) is 26.1. The van der Waals surface area contributed by atoms with E-state index in [2.05, 4.69) is 26.6 Å². The fraction of sp³-hybridized carbons (Fsp3) is 0.355. The third-order valence-electron chi connectivity index (χ3n) is 7.49. The molecule has 3 aromatic rings. The van der Waals surface area contributed by atoms with Gasteiger partial charge in [-0.1, -0.05) is 0 Å². The van der Waals surface area contributed by atoms with E-state index >= 15 is 0 Å². The SMILES string of the molecule is Cc1c(C)c(C)c(-c2oc3cc(O)cc(O)c3c(=O)c2OC(NCC(=O)NCC=O)NCC(=O)NCC(=O)NCC=O)c(C)c1C. The number of aldehydes is 2. The molecule has 2 aromatic carbocycles. The average Bonchev–Trinajstić information content (AvgIpc) is 3.01. The van der Waals surface area contributed by atoms with Crippen LogP contribution in [-0.2, 0) is 24.0 Å². The van der Waals surface area contributed by atoms with Gasteiger partial charge in [-0.15, -0.1) is 0 Å². The molecule has 0 radical (unpaired) electrons. The van der Waals surface area contributed by atoms with Crippen LogP contribution < -0.4 is 36.7 Å². The Morgan fingerprint density at radius 1 is 0.783 bits per heavy atom. The Morgan fingerprint density at radius 3 is 1.83 bits per heavy atom. The van der Waals surface area contributed by atoms with Crippen molar-refractivity contribution >= 4 is 41.3 Å². The summed E-state index contributed by atoms with van der Waals surface area (Å²) in [4.78, 5) is 71.6. The molecule has 1 heterocycles. The number of hydrogen-bond donors (Lipinski definition) is 7. The molecule has 0 saturated carbocycles. The molecule has 0 aliphatic rings. The summed E-state index contributed by atoms with van der Waals surface area (Å²) in [6, 6.07) is 2.16. The largest absolute Gasteiger partial charge is 0.508 e. The van der Waals surface area contributed by atoms with Crippen LogP contribution >= 0.6 is 0 Å². The molecule has 15 heteroatoms. The van der Waals surface area contributed by atoms with Gasteiger partial charge in [-0.05, 0) is 62.4 Å². The van der Waals surface area contributed by atoms with Gasteiger partial charge in [0, 0.05) is 17.7 Å². The van der Waals surface area contributed by atoms with Crippen LogP contribution in [0.15, 0.2) is 21.3 Å². The van der Waals surface area contributed by atoms with Gasteiger partial charge in [0.2, 0.25) is 35.3 Å². The third-order valence-corrected chi connectivity index (χ3v) is 7.49. The highest BCUT2D eigenvalue weighted by Gasteiger charge is 2.27. The van der Waals surface area contributed by atoms with Gasteiger partial charge in [0.25, 0.3) is 0 Å². The standard InChI is InChI=1S/C31H37N5O10/c1-15-16(2)18(4)26(19(5)17(15)3)29-30(28(44)27-21(40)10-20(39)11-22(27)45-29)46-31(35-13-24(42)33-7-9-38)36-14-25(43)34-12-23(41)32-6-8-37/h8-11,31,35-36,39-40H,6-7,12-14H2,1-5H3,(H,32,41)(H,33,42)(H,34,43). The summed E-state index contributed by atoms with van der Waals surface area (Å²) < 4.78 is 12.2. The van der Waals surface area contributed by atoms with Crippen molar-refractivity contribution in [3.05, 3.63) is 50.2 Å². The first kappa shape index (κ1) is 35.2. The minimum absolute atomic E-state index is 0.0287. The van der Waals surface area contributed by atoms with Gasteiger partial charge in [0.15, 0.2) is 5.76 Å². The Kier molecular flexibility index (Phi) is 12.0. The van der Waals surface area contributed by atoms with E-state index in [0.717, 1.165) is 33.9 Å². The van der Waals surface area contributed by atoms with Gasteiger partial charge in [-0.25, -0.2) is 0 Å². The van der Waals surface area contributed by atoms with Crippen molar-refractivity contribution in [2.75, 3.05) is 32.7 Å². The summed E-state index contributed by atoms with van der Waals surface area (Å²) in [5.74, 6) is -3.19. The lowest BCUT2D eigenvalue weighted by Crippen LogP contribution is -2.53. The molecule has 3 rings (SSSR count). The van der Waals surface area contributed by atoms with Crippen LogP contribution in [0.25, 0.3) is 22.3 Å². The van der Waals surface area contributed by atoms with Crippen molar-refractivity contribution < 1.29 is 43.3 Å². The monoisotopic (exact) mass is 639 g/mol. The molecule has 3 amide bonds. The van der Waals surface area contributed by atoms with Crippen molar-refractivity contribution in [2.24, 2.45) is 0 Å². The maximum Gasteiger partial charge on any atom is 0.239 e. The molecule has 46 heavy (non-hydrogen) atoms. The van der Waals surface area contributed by atoms with E-state index in [1.807, 2.05) is 34.6 Å². The maximum absolute atomic E-state index is 14.0. The summed E-state index contributed by atoms with van der Waals surface area (Å²) in [6.45, 7) is 7.72. The summed E-state index contributed by atoms with van der Waals surface area (Å²) in [5.41, 5.74) is 4.05. The molecule has 0 saturated heterocycles. The number of carbonyl (C=O) groups is 5. The zero-order valence-corrected chi connectivity index (χ0v) is 26.1. The highest BCUT2D eigenvalue weighted by molar-refractivity contribution is 5.89. The number of ether oxygens (including phenoxy) is 1. The molecule has 246 valence electrons. The maximum atomic E-state index is 14.0. The lowest BCUT2D eigenvalue weighted by molar-refractivity contribution is -0.126. The Labute approximate surface area is 263 Å². The van der Waals surface area contributed by atoms with Gasteiger partial charge >= 0.3 is 0 Å². The van der Waals surface area contributed by atoms with Crippen LogP contribution in [0.2, 0.25) is 0 Å². The van der Waals surface area contributed by atoms with Crippen LogP contribution in [-0.4, -0.2) is 79.6 Å². The number of nitrogens with one attached hydrogen (secondary N) is 5. The summed E-state index contributed by atoms with van der Waals surface area (Å²) in [6.07, 6.45) is -0.432. The highest BCUT2D eigenvalue weighted by atomic mass is 16.5. The van der Waals surface area contributed by atoms with Crippen LogP contribution in [0, 0.1) is 34.6 Å². The quantitative estimate of drug-likeness (QED) is 0.0862. The Balaban J connectivity index is 2.09. The Morgan fingerprint density at radius 2 is 1.28 bits per heavy atom. The fourth-order valence-electron chi connectivity index (χ4n) is 4.70. The molecular formula is C31H37N5O10. The first-order chi connectivity index (χ1) is 21.8. The number of amides is 3. The third kappa shape index (κ3) is 8.25. The first-order valence-electron chi connectivity index (χ1n) is 14.2. The van der Waals surface area contributed by atoms with E-state index < -0.39 is 54.9 Å². The second-order valence-electron chi connectivity index (χ2n) is 10.4. The lowest BCUT2D eigenvalue weighted by Gasteiger charge is -2.24. The number of phenolic OH excluding ortho intramolecular Hbond substituents is 2. The van der Waals surface area contributed by atoms with Gasteiger partial charge in [0.05, 0.1) is 32.7 Å². The fourth-order valence-corrected chi connectivity index (χ4v) is 4.70. The van der Waals surface area contributed by atoms with Crippen molar-refractivity contribution in [1.29, 1.82) is 0 Å². The molecule has 0 bridgehead atoms. The summed E-state index contributed by atoms with van der Waals surface area (Å²) in [5, 5.41) is 32.8. The number of aromatic hydroxyl groups is 2. The van der Waals surface area contributed by atoms with Gasteiger partial charge in [-0.2, -0.15) is 0 Å². The molecule has 1 atom stereocenters. The number of carbonyl (C=O) groups excluding carboxylic acids is 5. The van der Waals surface area contributed by atoms with Crippen molar-refractivity contribution in [2.45, 2.75) is 41.0 Å². The van der Waals surface area contributed by atoms with Crippen LogP contribution in [0.1, 0.15) is 27.8 Å². The van der Waals surface area contributed by atoms with Crippen molar-refractivity contribution in [1.82, 2.24) is 26.6 Å². The minimum Gasteiger partial charge on any atom is -0.508 e. The van der Waals surface area contributed by atoms with Gasteiger partial charge in [0.1, 0.15) is 35.0 Å². The Bertz CT molecular complexity index is 1700. The number of phenols is 2. The Hall–Kier alpha value is -5.28. The topological polar surface area (TPSA) is 225 Å². The number of rotatable bonds is 15. The second kappa shape index (κ2) is 15.6. The van der Waals surface area contributed by atoms with Crippen molar-refractivity contribution in [3.8, 4) is 28.6 Å². The molecule has 1 unspecified atom stereocenters. The summed E-state index contributed by atoms with van der Waals surface area (Å²) in [7, 11) is 0. The minimum atomic E-state index is -1.41. The number of fused-ring (bicyclic) bond motifs is 1. The van der Waals surface area contributed by atoms with E-state index in [1.54, 1.807) is 0 Å². The predicted octanol–water partition coefficient (Wildman–Crippen LogP) is 0.00130.